The molecule has 0 unspecified atom stereocenters. The standard InChI is InChI=1S/C21H18ClN5O3S/c1-13(28)24-16-7-2-6-15(18(16)22)20(29)26-9-4-10-27(26)21(30)17-12-31-19(25-17)14-5-3-8-23-11-14/h2-3,5-8,11-12H,4,9-10H2,1H3,(H,24,28). The van der Waals surface area contributed by atoms with Gasteiger partial charge in [0.05, 0.1) is 16.3 Å². The van der Waals surface area contributed by atoms with Crippen molar-refractivity contribution in [1.29, 1.82) is 0 Å². The van der Waals surface area contributed by atoms with Gasteiger partial charge in [0.2, 0.25) is 5.91 Å². The van der Waals surface area contributed by atoms with Crippen molar-refractivity contribution < 1.29 is 14.4 Å². The summed E-state index contributed by atoms with van der Waals surface area (Å²) in [7, 11) is 0. The zero-order chi connectivity index (χ0) is 22.0. The predicted octanol–water partition coefficient (Wildman–Crippen LogP) is 3.72. The van der Waals surface area contributed by atoms with E-state index in [0.717, 1.165) is 5.56 Å². The molecule has 0 aliphatic carbocycles. The van der Waals surface area contributed by atoms with Crippen LogP contribution < -0.4 is 5.32 Å². The Kier molecular flexibility index (Phi) is 5.97. The highest BCUT2D eigenvalue weighted by molar-refractivity contribution is 7.13. The first kappa shape index (κ1) is 21.0. The van der Waals surface area contributed by atoms with E-state index in [0.29, 0.717) is 30.2 Å². The fourth-order valence-corrected chi connectivity index (χ4v) is 4.32. The number of nitrogens with zero attached hydrogens (tertiary/aromatic N) is 4. The molecule has 1 aliphatic rings. The van der Waals surface area contributed by atoms with Crippen LogP contribution in [-0.2, 0) is 4.79 Å². The minimum atomic E-state index is -0.411. The Balaban J connectivity index is 1.57. The number of amides is 3. The first-order valence-corrected chi connectivity index (χ1v) is 10.8. The van der Waals surface area contributed by atoms with Crippen LogP contribution in [0.1, 0.15) is 34.2 Å². The molecule has 0 saturated carbocycles. The molecule has 3 heterocycles. The van der Waals surface area contributed by atoms with Gasteiger partial charge in [-0.15, -0.1) is 11.3 Å². The number of hydrazine groups is 1. The van der Waals surface area contributed by atoms with Crippen LogP contribution in [-0.4, -0.2) is 50.8 Å². The van der Waals surface area contributed by atoms with E-state index in [2.05, 4.69) is 15.3 Å². The van der Waals surface area contributed by atoms with Crippen molar-refractivity contribution in [3.8, 4) is 10.6 Å². The number of hydrogen-bond acceptors (Lipinski definition) is 6. The van der Waals surface area contributed by atoms with Gasteiger partial charge in [0.25, 0.3) is 11.8 Å². The second-order valence-electron chi connectivity index (χ2n) is 6.84. The van der Waals surface area contributed by atoms with Gasteiger partial charge in [-0.25, -0.2) is 15.0 Å². The largest absolute Gasteiger partial charge is 0.325 e. The minimum Gasteiger partial charge on any atom is -0.325 e. The Morgan fingerprint density at radius 2 is 1.87 bits per heavy atom. The number of nitrogens with one attached hydrogen (secondary N) is 1. The maximum atomic E-state index is 13.2. The lowest BCUT2D eigenvalue weighted by molar-refractivity contribution is -0.114. The smallest absolute Gasteiger partial charge is 0.291 e. The Morgan fingerprint density at radius 3 is 2.58 bits per heavy atom. The normalized spacial score (nSPS) is 13.4. The van der Waals surface area contributed by atoms with E-state index in [4.69, 9.17) is 11.6 Å². The van der Waals surface area contributed by atoms with Crippen molar-refractivity contribution in [2.24, 2.45) is 0 Å². The van der Waals surface area contributed by atoms with E-state index >= 15 is 0 Å². The summed E-state index contributed by atoms with van der Waals surface area (Å²) >= 11 is 7.70. The second kappa shape index (κ2) is 8.83. The van der Waals surface area contributed by atoms with Crippen molar-refractivity contribution >= 4 is 46.3 Å². The van der Waals surface area contributed by atoms with Crippen LogP contribution in [0.2, 0.25) is 5.02 Å². The molecule has 1 N–H and O–H groups in total. The Bertz CT molecular complexity index is 1150. The zero-order valence-electron chi connectivity index (χ0n) is 16.5. The lowest BCUT2D eigenvalue weighted by Gasteiger charge is -2.27. The molecule has 2 aromatic heterocycles. The minimum absolute atomic E-state index is 0.134. The summed E-state index contributed by atoms with van der Waals surface area (Å²) in [6.45, 7) is 2.14. The topological polar surface area (TPSA) is 95.5 Å². The number of benzene rings is 1. The maximum absolute atomic E-state index is 13.2. The zero-order valence-corrected chi connectivity index (χ0v) is 18.1. The van der Waals surface area contributed by atoms with E-state index in [1.54, 1.807) is 42.0 Å². The number of rotatable bonds is 4. The summed E-state index contributed by atoms with van der Waals surface area (Å²) in [5.41, 5.74) is 1.64. The Hall–Kier alpha value is -3.30. The van der Waals surface area contributed by atoms with Gasteiger partial charge in [-0.1, -0.05) is 17.7 Å². The molecule has 0 bridgehead atoms. The molecule has 0 radical (unpaired) electrons. The summed E-state index contributed by atoms with van der Waals surface area (Å²) < 4.78 is 0. The maximum Gasteiger partial charge on any atom is 0.291 e. The number of carbonyl (C=O) groups is 3. The summed E-state index contributed by atoms with van der Waals surface area (Å²) in [6, 6.07) is 8.49. The van der Waals surface area contributed by atoms with Crippen molar-refractivity contribution in [3.05, 3.63) is 64.4 Å². The van der Waals surface area contributed by atoms with Crippen LogP contribution in [0.5, 0.6) is 0 Å². The van der Waals surface area contributed by atoms with Crippen LogP contribution in [0.3, 0.4) is 0 Å². The lowest BCUT2D eigenvalue weighted by Crippen LogP contribution is -2.45. The molecule has 10 heteroatoms. The van der Waals surface area contributed by atoms with E-state index in [1.165, 1.54) is 28.3 Å². The van der Waals surface area contributed by atoms with Gasteiger partial charge in [-0.3, -0.25) is 19.4 Å². The molecular weight excluding hydrogens is 438 g/mol. The van der Waals surface area contributed by atoms with Gasteiger partial charge in [0.1, 0.15) is 10.7 Å². The predicted molar refractivity (Wildman–Crippen MR) is 118 cm³/mol. The van der Waals surface area contributed by atoms with E-state index in [9.17, 15) is 14.4 Å². The lowest BCUT2D eigenvalue weighted by atomic mass is 10.1. The molecule has 1 fully saturated rings. The SMILES string of the molecule is CC(=O)Nc1cccc(C(=O)N2CCCN2C(=O)c2csc(-c3cccnc3)n2)c1Cl. The van der Waals surface area contributed by atoms with Crippen LogP contribution in [0.15, 0.2) is 48.1 Å². The number of anilines is 1. The molecule has 31 heavy (non-hydrogen) atoms. The number of aromatic nitrogens is 2. The van der Waals surface area contributed by atoms with Crippen LogP contribution >= 0.6 is 22.9 Å². The molecule has 8 nitrogen and oxygen atoms in total. The highest BCUT2D eigenvalue weighted by atomic mass is 35.5. The van der Waals surface area contributed by atoms with Gasteiger partial charge < -0.3 is 5.32 Å². The first-order chi connectivity index (χ1) is 15.0. The van der Waals surface area contributed by atoms with Crippen molar-refractivity contribution in [2.45, 2.75) is 13.3 Å². The molecule has 3 aromatic rings. The van der Waals surface area contributed by atoms with Crippen molar-refractivity contribution in [3.63, 3.8) is 0 Å². The third-order valence-electron chi connectivity index (χ3n) is 4.67. The molecule has 0 spiro atoms. The molecule has 158 valence electrons. The van der Waals surface area contributed by atoms with E-state index in [-0.39, 0.29) is 28.1 Å². The summed E-state index contributed by atoms with van der Waals surface area (Å²) in [6.07, 6.45) is 3.99. The van der Waals surface area contributed by atoms with Crippen molar-refractivity contribution in [1.82, 2.24) is 20.0 Å². The average Bonchev–Trinajstić information content (AvgIpc) is 3.45. The molecule has 4 rings (SSSR count). The number of halogens is 1. The molecular formula is C21H18ClN5O3S. The quantitative estimate of drug-likeness (QED) is 0.646. The Morgan fingerprint density at radius 1 is 1.10 bits per heavy atom. The number of hydrogen-bond donors (Lipinski definition) is 1. The summed E-state index contributed by atoms with van der Waals surface area (Å²) in [5, 5.41) is 7.87. The highest BCUT2D eigenvalue weighted by Crippen LogP contribution is 2.29. The number of carbonyl (C=O) groups excluding carboxylic acids is 3. The van der Waals surface area contributed by atoms with E-state index < -0.39 is 5.91 Å². The fourth-order valence-electron chi connectivity index (χ4n) is 3.28. The summed E-state index contributed by atoms with van der Waals surface area (Å²) in [4.78, 5) is 46.2. The first-order valence-electron chi connectivity index (χ1n) is 9.51. The van der Waals surface area contributed by atoms with Gasteiger partial charge >= 0.3 is 0 Å². The van der Waals surface area contributed by atoms with Gasteiger partial charge in [-0.2, -0.15) is 0 Å². The second-order valence-corrected chi connectivity index (χ2v) is 8.07. The molecule has 3 amide bonds. The molecule has 0 atom stereocenters. The summed E-state index contributed by atoms with van der Waals surface area (Å²) in [5.74, 6) is -1.06. The fraction of sp³-hybridized carbons (Fsp3) is 0.190. The molecule has 1 saturated heterocycles. The number of pyridine rings is 1. The van der Waals surface area contributed by atoms with E-state index in [1.807, 2.05) is 6.07 Å². The van der Waals surface area contributed by atoms with Gasteiger partial charge in [0.15, 0.2) is 0 Å². The van der Waals surface area contributed by atoms with Crippen molar-refractivity contribution in [2.75, 3.05) is 18.4 Å². The van der Waals surface area contributed by atoms with Gasteiger partial charge in [-0.05, 0) is 30.7 Å². The number of thiazole rings is 1. The molecule has 1 aliphatic heterocycles. The Labute approximate surface area is 187 Å². The van der Waals surface area contributed by atoms with Crippen LogP contribution in [0, 0.1) is 0 Å². The third kappa shape index (κ3) is 4.28. The average molecular weight is 456 g/mol. The van der Waals surface area contributed by atoms with Gasteiger partial charge in [0, 0.05) is 43.4 Å². The monoisotopic (exact) mass is 455 g/mol. The molecule has 1 aromatic carbocycles. The third-order valence-corrected chi connectivity index (χ3v) is 5.97. The van der Waals surface area contributed by atoms with Crippen LogP contribution in [0.4, 0.5) is 5.69 Å². The highest BCUT2D eigenvalue weighted by Gasteiger charge is 2.34. The van der Waals surface area contributed by atoms with Crippen LogP contribution in [0.25, 0.3) is 10.6 Å².